The number of methoxy groups -OCH3 is 1. The molecule has 0 radical (unpaired) electrons. The lowest BCUT2D eigenvalue weighted by Crippen LogP contribution is -2.14. The largest absolute Gasteiger partial charge is 0.466 e. The van der Waals surface area contributed by atoms with Crippen molar-refractivity contribution in [1.29, 1.82) is 0 Å². The Morgan fingerprint density at radius 1 is 1.04 bits per heavy atom. The van der Waals surface area contributed by atoms with Gasteiger partial charge in [0.1, 0.15) is 0 Å². The van der Waals surface area contributed by atoms with E-state index in [-0.39, 0.29) is 11.9 Å². The molecule has 1 unspecified atom stereocenters. The number of rotatable bonds is 2. The second kappa shape index (κ2) is 5.64. The average Bonchev–Trinajstić information content (AvgIpc) is 2.65. The van der Waals surface area contributed by atoms with Crippen LogP contribution in [0.3, 0.4) is 0 Å². The fourth-order valence-corrected chi connectivity index (χ4v) is 3.67. The molecule has 0 saturated carbocycles. The Kier molecular flexibility index (Phi) is 3.46. The minimum atomic E-state index is -0.333. The van der Waals surface area contributed by atoms with Gasteiger partial charge < -0.3 is 4.74 Å². The van der Waals surface area contributed by atoms with E-state index in [4.69, 9.17) is 4.74 Å². The van der Waals surface area contributed by atoms with Crippen LogP contribution in [0.5, 0.6) is 0 Å². The van der Waals surface area contributed by atoms with Crippen LogP contribution in [0, 0.1) is 0 Å². The summed E-state index contributed by atoms with van der Waals surface area (Å²) >= 11 is 0. The molecule has 0 N–H and O–H groups in total. The van der Waals surface area contributed by atoms with Gasteiger partial charge in [-0.05, 0) is 39.1 Å². The summed E-state index contributed by atoms with van der Waals surface area (Å²) in [7, 11) is 1.40. The van der Waals surface area contributed by atoms with Gasteiger partial charge in [0.2, 0.25) is 0 Å². The summed E-state index contributed by atoms with van der Waals surface area (Å²) in [6.07, 6.45) is 5.06. The van der Waals surface area contributed by atoms with Crippen molar-refractivity contribution in [3.8, 4) is 0 Å². The fourth-order valence-electron chi connectivity index (χ4n) is 3.67. The molecule has 0 amide bonds. The van der Waals surface area contributed by atoms with Gasteiger partial charge in [0.05, 0.1) is 7.11 Å². The van der Waals surface area contributed by atoms with Gasteiger partial charge in [0.25, 0.3) is 0 Å². The van der Waals surface area contributed by atoms with E-state index in [9.17, 15) is 4.79 Å². The van der Waals surface area contributed by atoms with Crippen molar-refractivity contribution in [2.45, 2.75) is 12.3 Å². The quantitative estimate of drug-likeness (QED) is 0.368. The van der Waals surface area contributed by atoms with Crippen molar-refractivity contribution < 1.29 is 9.53 Å². The molecule has 0 aliphatic heterocycles. The van der Waals surface area contributed by atoms with E-state index < -0.39 is 0 Å². The van der Waals surface area contributed by atoms with E-state index in [1.807, 2.05) is 0 Å². The van der Waals surface area contributed by atoms with E-state index >= 15 is 0 Å². The van der Waals surface area contributed by atoms with Crippen molar-refractivity contribution in [2.75, 3.05) is 7.11 Å². The number of ether oxygens (including phenoxy) is 1. The van der Waals surface area contributed by atoms with Crippen molar-refractivity contribution >= 4 is 33.6 Å². The normalized spacial score (nSPS) is 16.1. The van der Waals surface area contributed by atoms with Crippen LogP contribution in [0.2, 0.25) is 0 Å². The van der Waals surface area contributed by atoms with E-state index in [1.165, 1.54) is 34.2 Å². The Labute approximate surface area is 141 Å². The van der Waals surface area contributed by atoms with Crippen molar-refractivity contribution in [3.05, 3.63) is 77.9 Å². The Hall–Kier alpha value is -2.87. The molecule has 0 fully saturated rings. The zero-order valence-electron chi connectivity index (χ0n) is 13.6. The fraction of sp³-hybridized carbons (Fsp3) is 0.136. The van der Waals surface area contributed by atoms with Crippen LogP contribution in [-0.4, -0.2) is 13.1 Å². The number of fused-ring (bicyclic) bond motifs is 5. The Balaban J connectivity index is 1.95. The maximum absolute atomic E-state index is 11.9. The van der Waals surface area contributed by atoms with E-state index in [1.54, 1.807) is 0 Å². The first kappa shape index (κ1) is 14.7. The summed E-state index contributed by atoms with van der Waals surface area (Å²) in [5.41, 5.74) is 2.85. The number of carbonyl (C=O) groups excluding carboxylic acids is 1. The molecule has 4 rings (SSSR count). The highest BCUT2D eigenvalue weighted by Crippen LogP contribution is 2.39. The third kappa shape index (κ3) is 2.15. The molecule has 3 aromatic rings. The van der Waals surface area contributed by atoms with Gasteiger partial charge in [-0.25, -0.2) is 4.79 Å². The molecule has 2 heteroatoms. The molecular weight excluding hydrogens is 296 g/mol. The molecule has 24 heavy (non-hydrogen) atoms. The van der Waals surface area contributed by atoms with Crippen LogP contribution in [0.4, 0.5) is 0 Å². The monoisotopic (exact) mass is 314 g/mol. The first-order valence-corrected chi connectivity index (χ1v) is 8.08. The van der Waals surface area contributed by atoms with Crippen molar-refractivity contribution in [2.24, 2.45) is 0 Å². The van der Waals surface area contributed by atoms with Crippen LogP contribution in [0.1, 0.15) is 23.5 Å². The molecule has 0 heterocycles. The van der Waals surface area contributed by atoms with Crippen LogP contribution in [-0.2, 0) is 9.53 Å². The molecule has 3 aromatic carbocycles. The predicted molar refractivity (Wildman–Crippen MR) is 99.0 cm³/mol. The van der Waals surface area contributed by atoms with Gasteiger partial charge in [-0.3, -0.25) is 0 Å². The Morgan fingerprint density at radius 2 is 1.83 bits per heavy atom. The lowest BCUT2D eigenvalue weighted by Gasteiger charge is -2.24. The number of hydrogen-bond acceptors (Lipinski definition) is 2. The second-order valence-electron chi connectivity index (χ2n) is 6.16. The zero-order chi connectivity index (χ0) is 16.7. The molecule has 0 saturated heterocycles. The summed E-state index contributed by atoms with van der Waals surface area (Å²) in [4.78, 5) is 11.9. The second-order valence-corrected chi connectivity index (χ2v) is 6.16. The minimum absolute atomic E-state index is 0.0201. The molecule has 2 nitrogen and oxygen atoms in total. The number of benzene rings is 3. The van der Waals surface area contributed by atoms with Crippen LogP contribution < -0.4 is 0 Å². The molecule has 0 spiro atoms. The van der Waals surface area contributed by atoms with E-state index in [0.717, 1.165) is 12.0 Å². The van der Waals surface area contributed by atoms with E-state index in [2.05, 4.69) is 67.3 Å². The minimum Gasteiger partial charge on any atom is -0.466 e. The highest BCUT2D eigenvalue weighted by molar-refractivity contribution is 6.10. The zero-order valence-corrected chi connectivity index (χ0v) is 13.6. The first-order chi connectivity index (χ1) is 11.7. The highest BCUT2D eigenvalue weighted by Gasteiger charge is 2.25. The molecule has 118 valence electrons. The van der Waals surface area contributed by atoms with Gasteiger partial charge in [-0.1, -0.05) is 67.3 Å². The number of hydrogen-bond donors (Lipinski definition) is 0. The molecule has 0 aromatic heterocycles. The maximum atomic E-state index is 11.9. The summed E-state index contributed by atoms with van der Waals surface area (Å²) in [6, 6.07) is 17.0. The van der Waals surface area contributed by atoms with Crippen LogP contribution >= 0.6 is 0 Å². The van der Waals surface area contributed by atoms with Gasteiger partial charge in [-0.2, -0.15) is 0 Å². The van der Waals surface area contributed by atoms with Crippen LogP contribution in [0.25, 0.3) is 27.6 Å². The van der Waals surface area contributed by atoms with Gasteiger partial charge >= 0.3 is 5.97 Å². The number of carbonyl (C=O) groups is 1. The van der Waals surface area contributed by atoms with Crippen LogP contribution in [0.15, 0.2) is 66.8 Å². The molecular formula is C22H18O2. The summed E-state index contributed by atoms with van der Waals surface area (Å²) in [6.45, 7) is 3.97. The molecule has 1 atom stereocenters. The number of allylic oxidation sites excluding steroid dienone is 1. The van der Waals surface area contributed by atoms with Crippen molar-refractivity contribution in [1.82, 2.24) is 0 Å². The molecule has 1 aliphatic carbocycles. The Morgan fingerprint density at radius 3 is 2.67 bits per heavy atom. The lowest BCUT2D eigenvalue weighted by molar-refractivity contribution is -0.136. The van der Waals surface area contributed by atoms with Gasteiger partial charge in [-0.15, -0.1) is 0 Å². The first-order valence-electron chi connectivity index (χ1n) is 8.08. The number of esters is 1. The van der Waals surface area contributed by atoms with Gasteiger partial charge in [0, 0.05) is 11.5 Å². The maximum Gasteiger partial charge on any atom is 0.333 e. The predicted octanol–water partition coefficient (Wildman–Crippen LogP) is 5.22. The summed E-state index contributed by atoms with van der Waals surface area (Å²) < 4.78 is 4.86. The molecule has 1 aliphatic rings. The van der Waals surface area contributed by atoms with Gasteiger partial charge in [0.15, 0.2) is 0 Å². The average molecular weight is 314 g/mol. The highest BCUT2D eigenvalue weighted by atomic mass is 16.5. The summed E-state index contributed by atoms with van der Waals surface area (Å²) in [5, 5.41) is 4.94. The third-order valence-corrected chi connectivity index (χ3v) is 4.90. The lowest BCUT2D eigenvalue weighted by atomic mass is 9.80. The molecule has 0 bridgehead atoms. The SMILES string of the molecule is C=C(C(=O)OC)C1CC=Cc2c1ccc1c2ccc2ccccc21. The Bertz CT molecular complexity index is 1010. The van der Waals surface area contributed by atoms with Crippen molar-refractivity contribution in [3.63, 3.8) is 0 Å². The van der Waals surface area contributed by atoms with E-state index in [0.29, 0.717) is 5.57 Å². The summed E-state index contributed by atoms with van der Waals surface area (Å²) in [5.74, 6) is -0.354. The smallest absolute Gasteiger partial charge is 0.333 e. The topological polar surface area (TPSA) is 26.3 Å². The third-order valence-electron chi connectivity index (χ3n) is 4.90. The standard InChI is InChI=1S/C22H18O2/c1-14(22(23)24-2)16-8-5-9-18-19(16)12-13-20-17-7-4-3-6-15(17)10-11-21(18)20/h3-7,9-13,16H,1,8H2,2H3.